The van der Waals surface area contributed by atoms with Gasteiger partial charge >= 0.3 is 0 Å². The summed E-state index contributed by atoms with van der Waals surface area (Å²) < 4.78 is 13.9. The molecule has 0 spiro atoms. The molecule has 1 saturated heterocycles. The molecular formula is C12H17BrClFN2. The summed E-state index contributed by atoms with van der Waals surface area (Å²) in [7, 11) is 0. The molecule has 17 heavy (non-hydrogen) atoms. The van der Waals surface area contributed by atoms with Gasteiger partial charge in [-0.05, 0) is 53.0 Å². The van der Waals surface area contributed by atoms with Gasteiger partial charge < -0.3 is 5.73 Å². The number of halogens is 3. The second kappa shape index (κ2) is 6.69. The Morgan fingerprint density at radius 1 is 1.47 bits per heavy atom. The van der Waals surface area contributed by atoms with E-state index in [-0.39, 0.29) is 18.2 Å². The Bertz CT molecular complexity index is 376. The molecule has 2 rings (SSSR count). The fraction of sp³-hybridized carbons (Fsp3) is 0.500. The van der Waals surface area contributed by atoms with Gasteiger partial charge in [0.2, 0.25) is 0 Å². The molecule has 0 bridgehead atoms. The van der Waals surface area contributed by atoms with Crippen LogP contribution >= 0.6 is 28.3 Å². The first kappa shape index (κ1) is 14.9. The minimum absolute atomic E-state index is 0. The third-order valence-electron chi connectivity index (χ3n) is 3.14. The molecule has 1 aliphatic rings. The van der Waals surface area contributed by atoms with Crippen LogP contribution < -0.4 is 5.73 Å². The molecule has 1 heterocycles. The minimum atomic E-state index is -0.194. The van der Waals surface area contributed by atoms with E-state index >= 15 is 0 Å². The molecule has 1 aromatic carbocycles. The molecule has 2 nitrogen and oxygen atoms in total. The van der Waals surface area contributed by atoms with E-state index in [0.29, 0.717) is 17.1 Å². The molecule has 0 aliphatic carbocycles. The molecule has 5 heteroatoms. The van der Waals surface area contributed by atoms with Gasteiger partial charge in [-0.1, -0.05) is 6.07 Å². The highest BCUT2D eigenvalue weighted by Crippen LogP contribution is 2.21. The molecule has 2 N–H and O–H groups in total. The van der Waals surface area contributed by atoms with Crippen molar-refractivity contribution in [2.75, 3.05) is 13.1 Å². The highest BCUT2D eigenvalue weighted by Gasteiger charge is 2.22. The average molecular weight is 324 g/mol. The summed E-state index contributed by atoms with van der Waals surface area (Å²) in [6.45, 7) is 2.56. The molecule has 0 amide bonds. The second-order valence-corrected chi connectivity index (χ2v) is 5.11. The molecular weight excluding hydrogens is 307 g/mol. The third kappa shape index (κ3) is 3.65. The summed E-state index contributed by atoms with van der Waals surface area (Å²) in [6.07, 6.45) is 2.36. The van der Waals surface area contributed by atoms with E-state index in [1.165, 1.54) is 6.42 Å². The largest absolute Gasteiger partial charge is 0.329 e. The molecule has 1 atom stereocenters. The van der Waals surface area contributed by atoms with Gasteiger partial charge in [0.1, 0.15) is 5.82 Å². The van der Waals surface area contributed by atoms with Crippen molar-refractivity contribution in [1.29, 1.82) is 0 Å². The third-order valence-corrected chi connectivity index (χ3v) is 3.78. The fourth-order valence-corrected chi connectivity index (χ4v) is 2.49. The van der Waals surface area contributed by atoms with Crippen molar-refractivity contribution in [3.63, 3.8) is 0 Å². The van der Waals surface area contributed by atoms with Crippen LogP contribution in [-0.4, -0.2) is 24.0 Å². The SMILES string of the molecule is Cl.NCC1CCCN1Cc1ccc(Br)c(F)c1. The standard InChI is InChI=1S/C12H16BrFN2.ClH/c13-11-4-3-9(6-12(11)14)8-16-5-1-2-10(16)7-15;/h3-4,6,10H,1-2,5,7-8,15H2;1H. The number of benzene rings is 1. The number of nitrogens with two attached hydrogens (primary N) is 1. The van der Waals surface area contributed by atoms with Crippen LogP contribution in [0, 0.1) is 5.82 Å². The predicted octanol–water partition coefficient (Wildman–Crippen LogP) is 2.93. The maximum atomic E-state index is 13.3. The quantitative estimate of drug-likeness (QED) is 0.927. The Morgan fingerprint density at radius 3 is 2.88 bits per heavy atom. The fourth-order valence-electron chi connectivity index (χ4n) is 2.24. The van der Waals surface area contributed by atoms with Crippen LogP contribution in [0.3, 0.4) is 0 Å². The number of likely N-dealkylation sites (tertiary alicyclic amines) is 1. The van der Waals surface area contributed by atoms with Crippen molar-refractivity contribution < 1.29 is 4.39 Å². The Balaban J connectivity index is 0.00000144. The van der Waals surface area contributed by atoms with Gasteiger partial charge in [0.05, 0.1) is 4.47 Å². The summed E-state index contributed by atoms with van der Waals surface area (Å²) in [6, 6.07) is 5.78. The maximum absolute atomic E-state index is 13.3. The van der Waals surface area contributed by atoms with Crippen molar-refractivity contribution in [1.82, 2.24) is 4.90 Å². The Morgan fingerprint density at radius 2 is 2.24 bits per heavy atom. The van der Waals surface area contributed by atoms with Gasteiger partial charge in [0, 0.05) is 19.1 Å². The van der Waals surface area contributed by atoms with E-state index < -0.39 is 0 Å². The maximum Gasteiger partial charge on any atom is 0.137 e. The second-order valence-electron chi connectivity index (χ2n) is 4.25. The van der Waals surface area contributed by atoms with E-state index in [9.17, 15) is 4.39 Å². The van der Waals surface area contributed by atoms with Gasteiger partial charge in [-0.3, -0.25) is 4.90 Å². The highest BCUT2D eigenvalue weighted by atomic mass is 79.9. The lowest BCUT2D eigenvalue weighted by atomic mass is 10.2. The van der Waals surface area contributed by atoms with Gasteiger partial charge in [-0.2, -0.15) is 0 Å². The zero-order valence-corrected chi connectivity index (χ0v) is 11.9. The summed E-state index contributed by atoms with van der Waals surface area (Å²) in [5, 5.41) is 0. The van der Waals surface area contributed by atoms with E-state index in [0.717, 1.165) is 25.1 Å². The van der Waals surface area contributed by atoms with Gasteiger partial charge in [-0.25, -0.2) is 4.39 Å². The predicted molar refractivity (Wildman–Crippen MR) is 73.8 cm³/mol. The van der Waals surface area contributed by atoms with Crippen molar-refractivity contribution in [3.8, 4) is 0 Å². The Hall–Kier alpha value is -0.160. The van der Waals surface area contributed by atoms with Gasteiger partial charge in [0.15, 0.2) is 0 Å². The summed E-state index contributed by atoms with van der Waals surface area (Å²) in [5.41, 5.74) is 6.72. The lowest BCUT2D eigenvalue weighted by Gasteiger charge is -2.23. The van der Waals surface area contributed by atoms with Crippen molar-refractivity contribution >= 4 is 28.3 Å². The van der Waals surface area contributed by atoms with Crippen LogP contribution in [0.1, 0.15) is 18.4 Å². The number of hydrogen-bond acceptors (Lipinski definition) is 2. The summed E-state index contributed by atoms with van der Waals surface area (Å²) >= 11 is 3.16. The van der Waals surface area contributed by atoms with Crippen LogP contribution in [0.15, 0.2) is 22.7 Å². The minimum Gasteiger partial charge on any atom is -0.329 e. The summed E-state index contributed by atoms with van der Waals surface area (Å²) in [5.74, 6) is -0.194. The van der Waals surface area contributed by atoms with Gasteiger partial charge in [0.25, 0.3) is 0 Å². The molecule has 1 fully saturated rings. The zero-order valence-electron chi connectivity index (χ0n) is 9.53. The van der Waals surface area contributed by atoms with E-state index in [1.54, 1.807) is 12.1 Å². The van der Waals surface area contributed by atoms with E-state index in [4.69, 9.17) is 5.73 Å². The topological polar surface area (TPSA) is 29.3 Å². The first-order valence-corrected chi connectivity index (χ1v) is 6.38. The lowest BCUT2D eigenvalue weighted by Crippen LogP contribution is -2.34. The molecule has 1 aromatic rings. The first-order valence-electron chi connectivity index (χ1n) is 5.58. The average Bonchev–Trinajstić information content (AvgIpc) is 2.71. The number of nitrogens with zero attached hydrogens (tertiary/aromatic N) is 1. The van der Waals surface area contributed by atoms with Crippen molar-refractivity contribution in [2.45, 2.75) is 25.4 Å². The molecule has 96 valence electrons. The Labute approximate surface area is 116 Å². The molecule has 1 aliphatic heterocycles. The van der Waals surface area contributed by atoms with E-state index in [1.807, 2.05) is 6.07 Å². The lowest BCUT2D eigenvalue weighted by molar-refractivity contribution is 0.250. The highest BCUT2D eigenvalue weighted by molar-refractivity contribution is 9.10. The first-order chi connectivity index (χ1) is 7.70. The van der Waals surface area contributed by atoms with Crippen LogP contribution in [0.2, 0.25) is 0 Å². The number of hydrogen-bond donors (Lipinski definition) is 1. The Kier molecular flexibility index (Phi) is 5.86. The van der Waals surface area contributed by atoms with Crippen LogP contribution in [0.5, 0.6) is 0 Å². The molecule has 0 radical (unpaired) electrons. The van der Waals surface area contributed by atoms with Crippen LogP contribution in [-0.2, 0) is 6.54 Å². The van der Waals surface area contributed by atoms with Crippen molar-refractivity contribution in [3.05, 3.63) is 34.1 Å². The van der Waals surface area contributed by atoms with Crippen LogP contribution in [0.25, 0.3) is 0 Å². The van der Waals surface area contributed by atoms with E-state index in [2.05, 4.69) is 20.8 Å². The smallest absolute Gasteiger partial charge is 0.137 e. The number of rotatable bonds is 3. The molecule has 0 saturated carbocycles. The van der Waals surface area contributed by atoms with Crippen molar-refractivity contribution in [2.24, 2.45) is 5.73 Å². The summed E-state index contributed by atoms with van der Waals surface area (Å²) in [4.78, 5) is 2.34. The van der Waals surface area contributed by atoms with Gasteiger partial charge in [-0.15, -0.1) is 12.4 Å². The molecule has 1 unspecified atom stereocenters. The monoisotopic (exact) mass is 322 g/mol. The van der Waals surface area contributed by atoms with Crippen LogP contribution in [0.4, 0.5) is 4.39 Å². The normalized spacial score (nSPS) is 20.3. The zero-order chi connectivity index (χ0) is 11.5. The molecule has 0 aromatic heterocycles.